The molecule has 1 aromatic heterocycles. The average Bonchev–Trinajstić information content (AvgIpc) is 2.88. The molecule has 10 heteroatoms. The normalized spacial score (nSPS) is 12.7. The van der Waals surface area contributed by atoms with Gasteiger partial charge in [0.25, 0.3) is 5.91 Å². The Bertz CT molecular complexity index is 786. The summed E-state index contributed by atoms with van der Waals surface area (Å²) in [6.07, 6.45) is -4.62. The van der Waals surface area contributed by atoms with E-state index < -0.39 is 34.4 Å². The van der Waals surface area contributed by atoms with Crippen molar-refractivity contribution in [1.82, 2.24) is 9.78 Å². The van der Waals surface area contributed by atoms with E-state index in [2.05, 4.69) is 10.4 Å². The Morgan fingerprint density at radius 2 is 2.00 bits per heavy atom. The van der Waals surface area contributed by atoms with Crippen molar-refractivity contribution < 1.29 is 22.9 Å². The third-order valence-electron chi connectivity index (χ3n) is 3.33. The highest BCUT2D eigenvalue weighted by atomic mass is 19.4. The molecule has 0 radical (unpaired) electrons. The Kier molecular flexibility index (Phi) is 4.58. The highest BCUT2D eigenvalue weighted by Gasteiger charge is 2.34. The molecule has 0 spiro atoms. The van der Waals surface area contributed by atoms with Crippen LogP contribution in [0.5, 0.6) is 0 Å². The van der Waals surface area contributed by atoms with Gasteiger partial charge in [0.05, 0.1) is 28.1 Å². The number of halogens is 3. The van der Waals surface area contributed by atoms with Crippen LogP contribution in [0.15, 0.2) is 30.3 Å². The third-order valence-corrected chi connectivity index (χ3v) is 3.33. The summed E-state index contributed by atoms with van der Waals surface area (Å²) < 4.78 is 39.9. The fourth-order valence-electron chi connectivity index (χ4n) is 2.14. The molecule has 2 aromatic rings. The minimum absolute atomic E-state index is 0.341. The van der Waals surface area contributed by atoms with Gasteiger partial charge < -0.3 is 15.4 Å². The molecule has 2 rings (SSSR count). The number of aryl methyl sites for hydroxylation is 1. The summed E-state index contributed by atoms with van der Waals surface area (Å²) in [5.41, 5.74) is -1.02. The SMILES string of the molecule is Cc1cc([N+](=O)[O-])nn1C(C)C(=O)Nc1ccccc1C(F)(F)F. The molecule has 1 heterocycles. The number of amides is 1. The Labute approximate surface area is 134 Å². The Balaban J connectivity index is 2.26. The number of aromatic nitrogens is 2. The van der Waals surface area contributed by atoms with E-state index in [1.54, 1.807) is 0 Å². The van der Waals surface area contributed by atoms with Crippen molar-refractivity contribution in [3.8, 4) is 0 Å². The van der Waals surface area contributed by atoms with Gasteiger partial charge in [-0.3, -0.25) is 4.79 Å². The number of nitro groups is 1. The summed E-state index contributed by atoms with van der Waals surface area (Å²) in [7, 11) is 0. The van der Waals surface area contributed by atoms with Gasteiger partial charge in [0.1, 0.15) is 6.04 Å². The number of nitrogens with zero attached hydrogens (tertiary/aromatic N) is 3. The highest BCUT2D eigenvalue weighted by molar-refractivity contribution is 5.94. The van der Waals surface area contributed by atoms with Crippen LogP contribution in [-0.2, 0) is 11.0 Å². The number of hydrogen-bond donors (Lipinski definition) is 1. The summed E-state index contributed by atoms with van der Waals surface area (Å²) in [6.45, 7) is 2.89. The topological polar surface area (TPSA) is 90.1 Å². The molecule has 1 atom stereocenters. The molecule has 128 valence electrons. The van der Waals surface area contributed by atoms with Gasteiger partial charge in [-0.25, -0.2) is 0 Å². The van der Waals surface area contributed by atoms with Crippen molar-refractivity contribution in [3.63, 3.8) is 0 Å². The summed E-state index contributed by atoms with van der Waals surface area (Å²) in [5, 5.41) is 16.6. The van der Waals surface area contributed by atoms with Crippen LogP contribution >= 0.6 is 0 Å². The van der Waals surface area contributed by atoms with Gasteiger partial charge in [-0.15, -0.1) is 0 Å². The van der Waals surface area contributed by atoms with Crippen molar-refractivity contribution >= 4 is 17.4 Å². The van der Waals surface area contributed by atoms with E-state index in [-0.39, 0.29) is 5.69 Å². The second kappa shape index (κ2) is 6.30. The number of rotatable bonds is 4. The van der Waals surface area contributed by atoms with E-state index in [0.29, 0.717) is 5.69 Å². The standard InChI is InChI=1S/C14H13F3N4O3/c1-8-7-12(21(23)24)19-20(8)9(2)13(22)18-11-6-4-3-5-10(11)14(15,16)17/h3-7,9H,1-2H3,(H,18,22). The lowest BCUT2D eigenvalue weighted by atomic mass is 10.1. The number of carbonyl (C=O) groups excluding carboxylic acids is 1. The summed E-state index contributed by atoms with van der Waals surface area (Å²) in [4.78, 5) is 22.2. The van der Waals surface area contributed by atoms with Crippen molar-refractivity contribution in [2.75, 3.05) is 5.32 Å². The predicted octanol–water partition coefficient (Wildman–Crippen LogP) is 3.32. The van der Waals surface area contributed by atoms with Crippen LogP contribution in [0.3, 0.4) is 0 Å². The van der Waals surface area contributed by atoms with Crippen molar-refractivity contribution in [2.45, 2.75) is 26.1 Å². The highest BCUT2D eigenvalue weighted by Crippen LogP contribution is 2.34. The first-order chi connectivity index (χ1) is 11.1. The van der Waals surface area contributed by atoms with E-state index >= 15 is 0 Å². The molecular formula is C14H13F3N4O3. The van der Waals surface area contributed by atoms with E-state index in [0.717, 1.165) is 16.8 Å². The summed E-state index contributed by atoms with van der Waals surface area (Å²) in [6, 6.07) is 4.70. The first-order valence-corrected chi connectivity index (χ1v) is 6.79. The maximum Gasteiger partial charge on any atom is 0.418 e. The molecule has 24 heavy (non-hydrogen) atoms. The van der Waals surface area contributed by atoms with E-state index in [1.165, 1.54) is 32.0 Å². The van der Waals surface area contributed by atoms with Crippen LogP contribution < -0.4 is 5.32 Å². The average molecular weight is 342 g/mol. The zero-order valence-corrected chi connectivity index (χ0v) is 12.7. The number of nitrogens with one attached hydrogen (secondary N) is 1. The van der Waals surface area contributed by atoms with Crippen LogP contribution in [0.25, 0.3) is 0 Å². The molecule has 1 N–H and O–H groups in total. The number of alkyl halides is 3. The van der Waals surface area contributed by atoms with Crippen LogP contribution in [-0.4, -0.2) is 20.6 Å². The van der Waals surface area contributed by atoms with Crippen molar-refractivity contribution in [2.24, 2.45) is 0 Å². The monoisotopic (exact) mass is 342 g/mol. The fraction of sp³-hybridized carbons (Fsp3) is 0.286. The van der Waals surface area contributed by atoms with Gasteiger partial charge >= 0.3 is 12.0 Å². The number of anilines is 1. The molecule has 0 bridgehead atoms. The molecule has 1 aromatic carbocycles. The maximum atomic E-state index is 12.9. The first kappa shape index (κ1) is 17.4. The molecule has 0 fully saturated rings. The third kappa shape index (κ3) is 3.53. The fourth-order valence-corrected chi connectivity index (χ4v) is 2.14. The van der Waals surface area contributed by atoms with Gasteiger partial charge in [0, 0.05) is 0 Å². The van der Waals surface area contributed by atoms with Crippen molar-refractivity contribution in [1.29, 1.82) is 0 Å². The first-order valence-electron chi connectivity index (χ1n) is 6.79. The molecular weight excluding hydrogens is 329 g/mol. The molecule has 0 saturated carbocycles. The molecule has 1 unspecified atom stereocenters. The largest absolute Gasteiger partial charge is 0.418 e. The molecule has 0 aliphatic rings. The van der Waals surface area contributed by atoms with Gasteiger partial charge in [0.2, 0.25) is 0 Å². The predicted molar refractivity (Wildman–Crippen MR) is 78.4 cm³/mol. The van der Waals surface area contributed by atoms with Crippen molar-refractivity contribution in [3.05, 3.63) is 51.7 Å². The molecule has 7 nitrogen and oxygen atoms in total. The van der Waals surface area contributed by atoms with Crippen LogP contribution in [0.1, 0.15) is 24.2 Å². The van der Waals surface area contributed by atoms with E-state index in [4.69, 9.17) is 0 Å². The Morgan fingerprint density at radius 3 is 2.54 bits per heavy atom. The lowest BCUT2D eigenvalue weighted by Gasteiger charge is -2.16. The van der Waals surface area contributed by atoms with Gasteiger partial charge in [0.15, 0.2) is 0 Å². The minimum atomic E-state index is -4.62. The smallest absolute Gasteiger partial charge is 0.358 e. The Morgan fingerprint density at radius 1 is 1.38 bits per heavy atom. The second-order valence-corrected chi connectivity index (χ2v) is 5.05. The van der Waals surface area contributed by atoms with Gasteiger partial charge in [-0.2, -0.15) is 17.9 Å². The van der Waals surface area contributed by atoms with E-state index in [9.17, 15) is 28.1 Å². The zero-order valence-electron chi connectivity index (χ0n) is 12.7. The van der Waals surface area contributed by atoms with Gasteiger partial charge in [-0.1, -0.05) is 12.1 Å². The summed E-state index contributed by atoms with van der Waals surface area (Å²) >= 11 is 0. The molecule has 0 saturated heterocycles. The number of carbonyl (C=O) groups is 1. The lowest BCUT2D eigenvalue weighted by Crippen LogP contribution is -2.26. The lowest BCUT2D eigenvalue weighted by molar-refractivity contribution is -0.389. The second-order valence-electron chi connectivity index (χ2n) is 5.05. The molecule has 1 amide bonds. The maximum absolute atomic E-state index is 12.9. The minimum Gasteiger partial charge on any atom is -0.358 e. The Hall–Kier alpha value is -2.91. The quantitative estimate of drug-likeness (QED) is 0.682. The van der Waals surface area contributed by atoms with Crippen LogP contribution in [0.2, 0.25) is 0 Å². The van der Waals surface area contributed by atoms with E-state index in [1.807, 2.05) is 0 Å². The van der Waals surface area contributed by atoms with Crippen LogP contribution in [0.4, 0.5) is 24.7 Å². The number of benzene rings is 1. The molecule has 0 aliphatic carbocycles. The summed E-state index contributed by atoms with van der Waals surface area (Å²) in [5.74, 6) is -1.21. The number of hydrogen-bond acceptors (Lipinski definition) is 4. The molecule has 0 aliphatic heterocycles. The number of para-hydroxylation sites is 1. The zero-order chi connectivity index (χ0) is 18.1. The van der Waals surface area contributed by atoms with Gasteiger partial charge in [-0.05, 0) is 30.9 Å². The van der Waals surface area contributed by atoms with Crippen LogP contribution in [0, 0.1) is 17.0 Å².